The zero-order valence-corrected chi connectivity index (χ0v) is 16.2. The number of ether oxygens (including phenoxy) is 4. The van der Waals surface area contributed by atoms with Gasteiger partial charge in [-0.15, -0.1) is 0 Å². The molecule has 2 aromatic rings. The van der Waals surface area contributed by atoms with Crippen molar-refractivity contribution in [1.29, 1.82) is 0 Å². The van der Waals surface area contributed by atoms with E-state index in [0.717, 1.165) is 34.1 Å². The van der Waals surface area contributed by atoms with E-state index in [-0.39, 0.29) is 18.1 Å². The highest BCUT2D eigenvalue weighted by Crippen LogP contribution is 2.35. The van der Waals surface area contributed by atoms with E-state index in [9.17, 15) is 4.79 Å². The number of amides is 1. The zero-order valence-electron chi connectivity index (χ0n) is 16.2. The number of rotatable bonds is 6. The number of nitrogens with one attached hydrogen (secondary N) is 1. The molecule has 2 aliphatic rings. The summed E-state index contributed by atoms with van der Waals surface area (Å²) in [7, 11) is 0. The summed E-state index contributed by atoms with van der Waals surface area (Å²) in [4.78, 5) is 12.3. The van der Waals surface area contributed by atoms with Crippen LogP contribution < -0.4 is 24.3 Å². The highest BCUT2D eigenvalue weighted by atomic mass is 16.7. The molecule has 0 atom stereocenters. The molecule has 148 valence electrons. The molecule has 0 saturated carbocycles. The van der Waals surface area contributed by atoms with Gasteiger partial charge in [0, 0.05) is 18.4 Å². The van der Waals surface area contributed by atoms with Crippen LogP contribution in [0.25, 0.3) is 0 Å². The Labute approximate surface area is 164 Å². The van der Waals surface area contributed by atoms with Crippen molar-refractivity contribution in [2.75, 3.05) is 26.6 Å². The van der Waals surface area contributed by atoms with Gasteiger partial charge in [0.15, 0.2) is 23.0 Å². The van der Waals surface area contributed by atoms with Crippen LogP contribution >= 0.6 is 0 Å². The Kier molecular flexibility index (Phi) is 5.03. The number of carbonyl (C=O) groups excluding carboxylic acids is 1. The van der Waals surface area contributed by atoms with Crippen LogP contribution in [0.5, 0.6) is 23.0 Å². The van der Waals surface area contributed by atoms with Crippen molar-refractivity contribution >= 4 is 5.91 Å². The van der Waals surface area contributed by atoms with Crippen molar-refractivity contribution < 1.29 is 23.7 Å². The number of benzene rings is 2. The second kappa shape index (κ2) is 7.62. The molecule has 2 heterocycles. The summed E-state index contributed by atoms with van der Waals surface area (Å²) in [6.45, 7) is 6.16. The highest BCUT2D eigenvalue weighted by Gasteiger charge is 2.24. The van der Waals surface area contributed by atoms with Crippen molar-refractivity contribution in [1.82, 2.24) is 5.32 Å². The van der Waals surface area contributed by atoms with Gasteiger partial charge in [-0.25, -0.2) is 0 Å². The Bertz CT molecular complexity index is 877. The van der Waals surface area contributed by atoms with Crippen molar-refractivity contribution in [2.24, 2.45) is 0 Å². The molecule has 0 spiro atoms. The first-order valence-corrected chi connectivity index (χ1v) is 9.57. The average Bonchev–Trinajstić information content (AvgIpc) is 3.18. The first-order valence-electron chi connectivity index (χ1n) is 9.57. The number of carbonyl (C=O) groups is 1. The molecule has 2 aliphatic heterocycles. The van der Waals surface area contributed by atoms with Crippen LogP contribution in [0.4, 0.5) is 0 Å². The third kappa shape index (κ3) is 4.01. The average molecular weight is 383 g/mol. The zero-order chi connectivity index (χ0) is 19.6. The number of aryl methyl sites for hydroxylation is 1. The summed E-state index contributed by atoms with van der Waals surface area (Å²) in [6.07, 6.45) is 1.09. The lowest BCUT2D eigenvalue weighted by Crippen LogP contribution is -2.36. The maximum absolute atomic E-state index is 12.3. The molecule has 0 bridgehead atoms. The normalized spacial score (nSPS) is 14.6. The molecule has 0 unspecified atom stereocenters. The van der Waals surface area contributed by atoms with Gasteiger partial charge in [-0.2, -0.15) is 0 Å². The minimum Gasteiger partial charge on any atom is -0.486 e. The van der Waals surface area contributed by atoms with E-state index in [2.05, 4.69) is 19.2 Å². The van der Waals surface area contributed by atoms with Gasteiger partial charge in [-0.05, 0) is 41.8 Å². The molecule has 6 nitrogen and oxygen atoms in total. The van der Waals surface area contributed by atoms with Crippen molar-refractivity contribution in [2.45, 2.75) is 32.1 Å². The van der Waals surface area contributed by atoms with Gasteiger partial charge in [0.25, 0.3) is 0 Å². The van der Waals surface area contributed by atoms with Crippen molar-refractivity contribution in [3.63, 3.8) is 0 Å². The summed E-state index contributed by atoms with van der Waals surface area (Å²) in [5, 5.41) is 3.06. The van der Waals surface area contributed by atoms with Crippen molar-refractivity contribution in [3.05, 3.63) is 47.5 Å². The molecule has 2 aromatic carbocycles. The van der Waals surface area contributed by atoms with E-state index in [1.165, 1.54) is 0 Å². The number of hydrogen-bond donors (Lipinski definition) is 1. The van der Waals surface area contributed by atoms with Gasteiger partial charge in [0.05, 0.1) is 0 Å². The second-order valence-corrected chi connectivity index (χ2v) is 7.71. The highest BCUT2D eigenvalue weighted by molar-refractivity contribution is 5.76. The Hall–Kier alpha value is -2.89. The minimum absolute atomic E-state index is 0.0308. The van der Waals surface area contributed by atoms with E-state index < -0.39 is 0 Å². The maximum atomic E-state index is 12.3. The van der Waals surface area contributed by atoms with E-state index in [1.54, 1.807) is 0 Å². The Morgan fingerprint density at radius 3 is 2.46 bits per heavy atom. The van der Waals surface area contributed by atoms with E-state index in [0.29, 0.717) is 32.6 Å². The predicted octanol–water partition coefficient (Wildman–Crippen LogP) is 3.21. The second-order valence-electron chi connectivity index (χ2n) is 7.71. The molecule has 0 saturated heterocycles. The molecule has 0 fully saturated rings. The van der Waals surface area contributed by atoms with E-state index >= 15 is 0 Å². The smallest absolute Gasteiger partial charge is 0.231 e. The Morgan fingerprint density at radius 1 is 0.929 bits per heavy atom. The van der Waals surface area contributed by atoms with E-state index in [4.69, 9.17) is 18.9 Å². The molecule has 1 N–H and O–H groups in total. The SMILES string of the molecule is CC(C)(CNC(=O)CCc1ccc2c(c1)OCO2)c1ccc2c(c1)OCCO2. The fraction of sp³-hybridized carbons (Fsp3) is 0.409. The van der Waals surface area contributed by atoms with Crippen molar-refractivity contribution in [3.8, 4) is 23.0 Å². The molecule has 0 aromatic heterocycles. The Morgan fingerprint density at radius 2 is 1.61 bits per heavy atom. The summed E-state index contributed by atoms with van der Waals surface area (Å²) < 4.78 is 22.0. The summed E-state index contributed by atoms with van der Waals surface area (Å²) in [5.74, 6) is 3.08. The van der Waals surface area contributed by atoms with Crippen LogP contribution in [0, 0.1) is 0 Å². The third-order valence-electron chi connectivity index (χ3n) is 5.13. The van der Waals surface area contributed by atoms with Crippen LogP contribution in [0.3, 0.4) is 0 Å². The number of hydrogen-bond acceptors (Lipinski definition) is 5. The van der Waals surface area contributed by atoms with Crippen LogP contribution in [0.1, 0.15) is 31.4 Å². The van der Waals surface area contributed by atoms with Crippen LogP contribution in [0.2, 0.25) is 0 Å². The lowest BCUT2D eigenvalue weighted by Gasteiger charge is -2.28. The molecular formula is C22H25NO5. The van der Waals surface area contributed by atoms with Gasteiger partial charge in [-0.3, -0.25) is 4.79 Å². The first-order chi connectivity index (χ1) is 13.5. The largest absolute Gasteiger partial charge is 0.486 e. The van der Waals surface area contributed by atoms with Gasteiger partial charge < -0.3 is 24.3 Å². The molecular weight excluding hydrogens is 358 g/mol. The van der Waals surface area contributed by atoms with Gasteiger partial charge >= 0.3 is 0 Å². The first kappa shape index (κ1) is 18.5. The van der Waals surface area contributed by atoms with Gasteiger partial charge in [0.1, 0.15) is 13.2 Å². The molecule has 28 heavy (non-hydrogen) atoms. The quantitative estimate of drug-likeness (QED) is 0.830. The maximum Gasteiger partial charge on any atom is 0.231 e. The Balaban J connectivity index is 1.31. The molecule has 6 heteroatoms. The molecule has 4 rings (SSSR count). The minimum atomic E-state index is -0.218. The third-order valence-corrected chi connectivity index (χ3v) is 5.13. The van der Waals surface area contributed by atoms with Gasteiger partial charge in [0.2, 0.25) is 12.7 Å². The summed E-state index contributed by atoms with van der Waals surface area (Å²) in [5.41, 5.74) is 1.95. The predicted molar refractivity (Wildman–Crippen MR) is 104 cm³/mol. The van der Waals surface area contributed by atoms with Crippen LogP contribution in [-0.2, 0) is 16.6 Å². The lowest BCUT2D eigenvalue weighted by molar-refractivity contribution is -0.121. The molecule has 0 aliphatic carbocycles. The molecule has 1 amide bonds. The molecule has 0 radical (unpaired) electrons. The van der Waals surface area contributed by atoms with Crippen LogP contribution in [0.15, 0.2) is 36.4 Å². The number of fused-ring (bicyclic) bond motifs is 2. The summed E-state index contributed by atoms with van der Waals surface area (Å²) >= 11 is 0. The summed E-state index contributed by atoms with van der Waals surface area (Å²) in [6, 6.07) is 11.8. The standard InChI is InChI=1S/C22H25NO5/c1-22(2,16-5-7-17-20(12-16)26-10-9-25-17)13-23-21(24)8-4-15-3-6-18-19(11-15)28-14-27-18/h3,5-7,11-12H,4,8-10,13-14H2,1-2H3,(H,23,24). The fourth-order valence-corrected chi connectivity index (χ4v) is 3.33. The van der Waals surface area contributed by atoms with E-state index in [1.807, 2.05) is 36.4 Å². The monoisotopic (exact) mass is 383 g/mol. The lowest BCUT2D eigenvalue weighted by atomic mass is 9.84. The van der Waals surface area contributed by atoms with Gasteiger partial charge in [-0.1, -0.05) is 26.0 Å². The fourth-order valence-electron chi connectivity index (χ4n) is 3.33. The van der Waals surface area contributed by atoms with Crippen LogP contribution in [-0.4, -0.2) is 32.5 Å². The topological polar surface area (TPSA) is 66.0 Å².